The number of carbonyl (C=O) groups excluding carboxylic acids is 1. The third kappa shape index (κ3) is 55.2. The van der Waals surface area contributed by atoms with Gasteiger partial charge in [0.05, 0.1) is 39.9 Å². The lowest BCUT2D eigenvalue weighted by Gasteiger charge is -2.29. The van der Waals surface area contributed by atoms with Crippen molar-refractivity contribution in [2.75, 3.05) is 40.9 Å². The van der Waals surface area contributed by atoms with Crippen molar-refractivity contribution in [1.29, 1.82) is 0 Å². The minimum Gasteiger partial charge on any atom is -0.756 e. The number of rotatable bonds is 53. The Bertz CT molecular complexity index is 1490. The highest BCUT2D eigenvalue weighted by Gasteiger charge is 2.23. The Morgan fingerprint density at radius 2 is 0.861 bits per heavy atom. The Morgan fingerprint density at radius 3 is 1.28 bits per heavy atom. The molecular weight excluding hydrogens is 912 g/mol. The topological polar surface area (TPSA) is 108 Å². The van der Waals surface area contributed by atoms with Gasteiger partial charge >= 0.3 is 0 Å². The van der Waals surface area contributed by atoms with Crippen LogP contribution in [0.3, 0.4) is 0 Å². The Labute approximate surface area is 445 Å². The number of likely N-dealkylation sites (N-methyl/N-ethyl adjacent to an activating group) is 1. The highest BCUT2D eigenvalue weighted by atomic mass is 31.2. The normalized spacial score (nSPS) is 14.6. The van der Waals surface area contributed by atoms with Crippen LogP contribution in [0.1, 0.15) is 245 Å². The minimum atomic E-state index is -4.60. The summed E-state index contributed by atoms with van der Waals surface area (Å²) in [6.07, 6.45) is 76.7. The van der Waals surface area contributed by atoms with E-state index in [1.807, 2.05) is 27.2 Å². The molecule has 0 heterocycles. The summed E-state index contributed by atoms with van der Waals surface area (Å²) in [5.74, 6) is -0.213. The second-order valence-electron chi connectivity index (χ2n) is 20.9. The maximum absolute atomic E-state index is 12.9. The smallest absolute Gasteiger partial charge is 0.268 e. The number of nitrogens with zero attached hydrogens (tertiary/aromatic N) is 1. The minimum absolute atomic E-state index is 0.0110. The molecule has 0 aromatic carbocycles. The molecule has 72 heavy (non-hydrogen) atoms. The lowest BCUT2D eigenvalue weighted by Crippen LogP contribution is -2.45. The quantitative estimate of drug-likeness (QED) is 0.0272. The molecule has 416 valence electrons. The van der Waals surface area contributed by atoms with Crippen molar-refractivity contribution in [1.82, 2.24) is 5.32 Å². The van der Waals surface area contributed by atoms with Gasteiger partial charge in [0.15, 0.2) is 0 Å². The van der Waals surface area contributed by atoms with Gasteiger partial charge in [-0.25, -0.2) is 0 Å². The molecule has 0 saturated carbocycles. The number of amides is 1. The van der Waals surface area contributed by atoms with Gasteiger partial charge in [-0.2, -0.15) is 0 Å². The van der Waals surface area contributed by atoms with Gasteiger partial charge in [-0.3, -0.25) is 9.36 Å². The van der Waals surface area contributed by atoms with Gasteiger partial charge in [0, 0.05) is 6.42 Å². The number of carbonyl (C=O) groups is 1. The maximum atomic E-state index is 12.9. The molecule has 8 nitrogen and oxygen atoms in total. The molecule has 0 rings (SSSR count). The van der Waals surface area contributed by atoms with Gasteiger partial charge in [-0.15, -0.1) is 0 Å². The number of phosphoric acid groups is 1. The van der Waals surface area contributed by atoms with E-state index >= 15 is 0 Å². The monoisotopic (exact) mass is 1020 g/mol. The molecule has 1 amide bonds. The number of aliphatic hydroxyl groups excluding tert-OH is 1. The van der Waals surface area contributed by atoms with Crippen LogP contribution in [0.5, 0.6) is 0 Å². The van der Waals surface area contributed by atoms with E-state index in [-0.39, 0.29) is 12.5 Å². The van der Waals surface area contributed by atoms with E-state index < -0.39 is 26.6 Å². The molecule has 9 heteroatoms. The van der Waals surface area contributed by atoms with E-state index in [9.17, 15) is 19.4 Å². The molecule has 0 aliphatic rings. The van der Waals surface area contributed by atoms with E-state index in [0.717, 1.165) is 83.5 Å². The number of phosphoric ester groups is 1. The van der Waals surface area contributed by atoms with Crippen LogP contribution in [0, 0.1) is 0 Å². The summed E-state index contributed by atoms with van der Waals surface area (Å²) in [7, 11) is 1.23. The zero-order valence-electron chi connectivity index (χ0n) is 47.4. The molecule has 3 atom stereocenters. The van der Waals surface area contributed by atoms with Crippen LogP contribution < -0.4 is 10.2 Å². The summed E-state index contributed by atoms with van der Waals surface area (Å²) in [6, 6.07) is -0.910. The van der Waals surface area contributed by atoms with Crippen molar-refractivity contribution in [3.8, 4) is 0 Å². The Morgan fingerprint density at radius 1 is 0.500 bits per heavy atom. The summed E-state index contributed by atoms with van der Waals surface area (Å²) in [5, 5.41) is 13.8. The van der Waals surface area contributed by atoms with Crippen molar-refractivity contribution in [2.45, 2.75) is 257 Å². The van der Waals surface area contributed by atoms with Crippen molar-refractivity contribution < 1.29 is 32.9 Å². The number of hydrogen-bond acceptors (Lipinski definition) is 6. The van der Waals surface area contributed by atoms with Crippen LogP contribution in [0.4, 0.5) is 0 Å². The van der Waals surface area contributed by atoms with Crippen LogP contribution in [-0.2, 0) is 18.4 Å². The van der Waals surface area contributed by atoms with Crippen molar-refractivity contribution in [3.63, 3.8) is 0 Å². The Hall–Kier alpha value is -2.58. The second kappa shape index (κ2) is 53.3. The largest absolute Gasteiger partial charge is 0.756 e. The van der Waals surface area contributed by atoms with Crippen molar-refractivity contribution in [3.05, 3.63) is 97.2 Å². The summed E-state index contributed by atoms with van der Waals surface area (Å²) in [5.41, 5.74) is 0. The molecule has 0 bridgehead atoms. The predicted octanol–water partition coefficient (Wildman–Crippen LogP) is 17.6. The first kappa shape index (κ1) is 69.4. The maximum Gasteiger partial charge on any atom is 0.268 e. The first-order valence-electron chi connectivity index (χ1n) is 29.6. The number of unbranched alkanes of at least 4 members (excludes halogenated alkanes) is 26. The second-order valence-corrected chi connectivity index (χ2v) is 22.4. The lowest BCUT2D eigenvalue weighted by atomic mass is 10.0. The van der Waals surface area contributed by atoms with Crippen LogP contribution in [0.25, 0.3) is 0 Å². The number of quaternary nitrogens is 1. The predicted molar refractivity (Wildman–Crippen MR) is 311 cm³/mol. The molecule has 0 fully saturated rings. The summed E-state index contributed by atoms with van der Waals surface area (Å²) < 4.78 is 23.2. The third-order valence-electron chi connectivity index (χ3n) is 12.7. The highest BCUT2D eigenvalue weighted by molar-refractivity contribution is 7.45. The molecule has 0 spiro atoms. The molecule has 0 aliphatic carbocycles. The number of nitrogens with one attached hydrogen (secondary N) is 1. The van der Waals surface area contributed by atoms with E-state index in [4.69, 9.17) is 9.05 Å². The fourth-order valence-corrected chi connectivity index (χ4v) is 8.88. The van der Waals surface area contributed by atoms with Crippen LogP contribution in [-0.4, -0.2) is 68.5 Å². The molecule has 2 N–H and O–H groups in total. The molecule has 0 radical (unpaired) electrons. The Balaban J connectivity index is 3.90. The fourth-order valence-electron chi connectivity index (χ4n) is 8.16. The zero-order chi connectivity index (χ0) is 52.7. The molecule has 0 aromatic heterocycles. The summed E-state index contributed by atoms with van der Waals surface area (Å²) in [4.78, 5) is 25.4. The van der Waals surface area contributed by atoms with Crippen LogP contribution in [0.15, 0.2) is 97.2 Å². The molecule has 0 aromatic rings. The summed E-state index contributed by atoms with van der Waals surface area (Å²) in [6.45, 7) is 4.42. The highest BCUT2D eigenvalue weighted by Crippen LogP contribution is 2.38. The molecule has 0 aliphatic heterocycles. The van der Waals surface area contributed by atoms with E-state index in [0.29, 0.717) is 17.4 Å². The van der Waals surface area contributed by atoms with Gasteiger partial charge < -0.3 is 28.8 Å². The third-order valence-corrected chi connectivity index (χ3v) is 13.7. The van der Waals surface area contributed by atoms with Gasteiger partial charge in [0.2, 0.25) is 5.91 Å². The van der Waals surface area contributed by atoms with Gasteiger partial charge in [-0.05, 0) is 83.5 Å². The fraction of sp³-hybridized carbons (Fsp3) is 0.730. The molecular formula is C63H113N2O6P. The van der Waals surface area contributed by atoms with Gasteiger partial charge in [0.25, 0.3) is 7.82 Å². The van der Waals surface area contributed by atoms with Crippen molar-refractivity contribution >= 4 is 13.7 Å². The number of aliphatic hydroxyl groups is 1. The summed E-state index contributed by atoms with van der Waals surface area (Å²) >= 11 is 0. The van der Waals surface area contributed by atoms with Crippen LogP contribution >= 0.6 is 7.82 Å². The van der Waals surface area contributed by atoms with Gasteiger partial charge in [0.1, 0.15) is 13.2 Å². The van der Waals surface area contributed by atoms with Crippen molar-refractivity contribution in [2.24, 2.45) is 0 Å². The van der Waals surface area contributed by atoms with Crippen LogP contribution in [0.2, 0.25) is 0 Å². The zero-order valence-corrected chi connectivity index (χ0v) is 48.2. The first-order chi connectivity index (χ1) is 35.0. The van der Waals surface area contributed by atoms with Gasteiger partial charge in [-0.1, -0.05) is 252 Å². The average molecular weight is 1030 g/mol. The first-order valence-corrected chi connectivity index (χ1v) is 31.1. The number of hydrogen-bond donors (Lipinski definition) is 2. The molecule has 0 saturated heterocycles. The standard InChI is InChI=1S/C63H113N2O6P/c1-6-8-10-12-14-16-18-19-20-21-22-23-24-25-26-27-28-29-30-31-32-33-34-35-36-37-38-39-40-41-42-43-44-45-47-49-51-53-55-57-63(67)64-61(60-71-72(68,69)70-59-58-65(3,4)5)62(66)56-54-52-50-48-46-17-15-13-11-9-7-2/h8,10-11,13-14,16,19-20,22-23,25-26,46,48,54,56,61-62,66H,6-7,9,12,15,17-18,21,24,27-45,47,49-53,55,57-60H2,1-5H3,(H-,64,67,68,69)/b10-8-,13-11+,16-14-,20-19-,23-22-,26-25-,48-46+,56-54+. The SMILES string of the molecule is CC/C=C\C/C=C\C/C=C\C/C=C\C/C=C\CCCCCCCCCCCCCCCCCCCCCCCCCC(=O)NC(COP(=O)([O-])OCC[N+](C)(C)C)C(O)/C=C/CC/C=C/CC/C=C/CCC. The van der Waals surface area contributed by atoms with E-state index in [2.05, 4.69) is 104 Å². The average Bonchev–Trinajstić information content (AvgIpc) is 3.34. The lowest BCUT2D eigenvalue weighted by molar-refractivity contribution is -0.870. The number of allylic oxidation sites excluding steroid dienone is 15. The Kier molecular flexibility index (Phi) is 51.3. The van der Waals surface area contributed by atoms with E-state index in [1.165, 1.54) is 141 Å². The van der Waals surface area contributed by atoms with E-state index in [1.54, 1.807) is 6.08 Å². The molecule has 3 unspecified atom stereocenters.